The van der Waals surface area contributed by atoms with Crippen LogP contribution in [0.4, 0.5) is 0 Å². The van der Waals surface area contributed by atoms with Crippen molar-refractivity contribution in [3.8, 4) is 0 Å². The Kier molecular flexibility index (Phi) is 8.14. The summed E-state index contributed by atoms with van der Waals surface area (Å²) in [6.07, 6.45) is 11.5. The van der Waals surface area contributed by atoms with Crippen LogP contribution in [0, 0.1) is 5.92 Å². The molecule has 0 aliphatic carbocycles. The van der Waals surface area contributed by atoms with E-state index in [1.54, 1.807) is 6.08 Å². The van der Waals surface area contributed by atoms with Crippen LogP contribution in [0.15, 0.2) is 24.3 Å². The number of hydrogen-bond acceptors (Lipinski definition) is 1. The lowest BCUT2D eigenvalue weighted by Gasteiger charge is -1.99. The van der Waals surface area contributed by atoms with Crippen molar-refractivity contribution in [1.29, 1.82) is 0 Å². The van der Waals surface area contributed by atoms with Crippen molar-refractivity contribution >= 4 is 0 Å². The second-order valence-electron chi connectivity index (χ2n) is 3.36. The number of aliphatic hydroxyl groups is 1. The predicted octanol–water partition coefficient (Wildman–Crippen LogP) is 2.92. The minimum atomic E-state index is 0.135. The van der Waals surface area contributed by atoms with Gasteiger partial charge in [0.2, 0.25) is 0 Å². The Hall–Kier alpha value is -0.560. The molecule has 0 radical (unpaired) electrons. The van der Waals surface area contributed by atoms with Crippen molar-refractivity contribution in [3.05, 3.63) is 24.3 Å². The average molecular weight is 168 g/mol. The molecule has 0 amide bonds. The molecule has 0 aromatic heterocycles. The molecule has 70 valence electrons. The largest absolute Gasteiger partial charge is 0.392 e. The summed E-state index contributed by atoms with van der Waals surface area (Å²) < 4.78 is 0. The van der Waals surface area contributed by atoms with E-state index in [-0.39, 0.29) is 6.61 Å². The monoisotopic (exact) mass is 168 g/mol. The van der Waals surface area contributed by atoms with E-state index in [2.05, 4.69) is 19.9 Å². The molecule has 0 saturated carbocycles. The Morgan fingerprint density at radius 3 is 2.42 bits per heavy atom. The van der Waals surface area contributed by atoms with E-state index in [1.807, 2.05) is 12.2 Å². The Bertz CT molecular complexity index is 134. The number of allylic oxidation sites excluding steroid dienone is 3. The molecule has 0 saturated heterocycles. The van der Waals surface area contributed by atoms with Crippen LogP contribution >= 0.6 is 0 Å². The highest BCUT2D eigenvalue weighted by molar-refractivity contribution is 5.02. The Balaban J connectivity index is 3.19. The van der Waals surface area contributed by atoms with Gasteiger partial charge in [-0.05, 0) is 18.8 Å². The molecule has 0 bridgehead atoms. The van der Waals surface area contributed by atoms with Gasteiger partial charge in [0, 0.05) is 0 Å². The molecule has 12 heavy (non-hydrogen) atoms. The van der Waals surface area contributed by atoms with Crippen molar-refractivity contribution in [2.24, 2.45) is 5.92 Å². The molecule has 0 heterocycles. The second kappa shape index (κ2) is 8.54. The lowest BCUT2D eigenvalue weighted by atomic mass is 10.1. The van der Waals surface area contributed by atoms with Gasteiger partial charge in [-0.2, -0.15) is 0 Å². The van der Waals surface area contributed by atoms with Crippen LogP contribution in [-0.4, -0.2) is 11.7 Å². The normalized spacial score (nSPS) is 12.3. The second-order valence-corrected chi connectivity index (χ2v) is 3.36. The summed E-state index contributed by atoms with van der Waals surface area (Å²) in [5.41, 5.74) is 0. The van der Waals surface area contributed by atoms with Crippen LogP contribution < -0.4 is 0 Å². The lowest BCUT2D eigenvalue weighted by Crippen LogP contribution is -1.84. The van der Waals surface area contributed by atoms with Gasteiger partial charge in [0.25, 0.3) is 0 Å². The molecule has 0 aromatic rings. The molecular formula is C11H20O. The molecular weight excluding hydrogens is 148 g/mol. The molecule has 0 aromatic carbocycles. The third-order valence-corrected chi connectivity index (χ3v) is 1.64. The van der Waals surface area contributed by atoms with Gasteiger partial charge in [-0.25, -0.2) is 0 Å². The standard InChI is InChI=1S/C11H20O/c1-11(2)9-7-5-3-4-6-8-10-12/h3-4,6,8,11-12H,5,7,9-10H2,1-2H3/b4-3+,8-6+. The van der Waals surface area contributed by atoms with Gasteiger partial charge < -0.3 is 5.11 Å². The van der Waals surface area contributed by atoms with Gasteiger partial charge in [0.05, 0.1) is 6.61 Å². The van der Waals surface area contributed by atoms with Crippen molar-refractivity contribution < 1.29 is 5.11 Å². The maximum absolute atomic E-state index is 8.42. The fraction of sp³-hybridized carbons (Fsp3) is 0.636. The highest BCUT2D eigenvalue weighted by atomic mass is 16.2. The van der Waals surface area contributed by atoms with E-state index >= 15 is 0 Å². The van der Waals surface area contributed by atoms with E-state index in [9.17, 15) is 0 Å². The molecule has 1 nitrogen and oxygen atoms in total. The lowest BCUT2D eigenvalue weighted by molar-refractivity contribution is 0.343. The van der Waals surface area contributed by atoms with Gasteiger partial charge in [0.1, 0.15) is 0 Å². The zero-order valence-corrected chi connectivity index (χ0v) is 8.16. The summed E-state index contributed by atoms with van der Waals surface area (Å²) in [5, 5.41) is 8.42. The van der Waals surface area contributed by atoms with E-state index in [1.165, 1.54) is 12.8 Å². The number of hydrogen-bond donors (Lipinski definition) is 1. The smallest absolute Gasteiger partial charge is 0.0615 e. The Morgan fingerprint density at radius 2 is 1.83 bits per heavy atom. The first-order chi connectivity index (χ1) is 5.77. The molecule has 0 fully saturated rings. The first-order valence-corrected chi connectivity index (χ1v) is 4.70. The molecule has 0 unspecified atom stereocenters. The molecule has 0 rings (SSSR count). The van der Waals surface area contributed by atoms with Gasteiger partial charge >= 0.3 is 0 Å². The van der Waals surface area contributed by atoms with Crippen LogP contribution in [0.3, 0.4) is 0 Å². The molecule has 1 N–H and O–H groups in total. The highest BCUT2D eigenvalue weighted by Crippen LogP contribution is 2.06. The summed E-state index contributed by atoms with van der Waals surface area (Å²) in [4.78, 5) is 0. The Morgan fingerprint density at radius 1 is 1.17 bits per heavy atom. The van der Waals surface area contributed by atoms with Crippen LogP contribution in [0.1, 0.15) is 33.1 Å². The van der Waals surface area contributed by atoms with Crippen molar-refractivity contribution in [3.63, 3.8) is 0 Å². The average Bonchev–Trinajstić information content (AvgIpc) is 2.02. The predicted molar refractivity (Wildman–Crippen MR) is 54.1 cm³/mol. The first kappa shape index (κ1) is 11.4. The van der Waals surface area contributed by atoms with E-state index in [0.717, 1.165) is 12.3 Å². The molecule has 0 atom stereocenters. The number of rotatable bonds is 6. The molecule has 1 heteroatoms. The van der Waals surface area contributed by atoms with Crippen LogP contribution in [0.25, 0.3) is 0 Å². The summed E-state index contributed by atoms with van der Waals surface area (Å²) in [6.45, 7) is 4.63. The molecule has 0 aliphatic rings. The third-order valence-electron chi connectivity index (χ3n) is 1.64. The van der Waals surface area contributed by atoms with Crippen LogP contribution in [0.5, 0.6) is 0 Å². The third kappa shape index (κ3) is 9.44. The van der Waals surface area contributed by atoms with E-state index < -0.39 is 0 Å². The Labute approximate surface area is 75.8 Å². The van der Waals surface area contributed by atoms with Gasteiger partial charge in [-0.3, -0.25) is 0 Å². The van der Waals surface area contributed by atoms with E-state index in [4.69, 9.17) is 5.11 Å². The fourth-order valence-corrected chi connectivity index (χ4v) is 0.958. The van der Waals surface area contributed by atoms with E-state index in [0.29, 0.717) is 0 Å². The summed E-state index contributed by atoms with van der Waals surface area (Å²) in [7, 11) is 0. The maximum atomic E-state index is 8.42. The summed E-state index contributed by atoms with van der Waals surface area (Å²) >= 11 is 0. The topological polar surface area (TPSA) is 20.2 Å². The van der Waals surface area contributed by atoms with Crippen molar-refractivity contribution in [2.75, 3.05) is 6.61 Å². The molecule has 0 spiro atoms. The van der Waals surface area contributed by atoms with Gasteiger partial charge in [0.15, 0.2) is 0 Å². The quantitative estimate of drug-likeness (QED) is 0.477. The zero-order valence-electron chi connectivity index (χ0n) is 8.16. The zero-order chi connectivity index (χ0) is 9.23. The van der Waals surface area contributed by atoms with Gasteiger partial charge in [-0.1, -0.05) is 44.6 Å². The first-order valence-electron chi connectivity index (χ1n) is 4.70. The van der Waals surface area contributed by atoms with Crippen LogP contribution in [0.2, 0.25) is 0 Å². The van der Waals surface area contributed by atoms with Crippen LogP contribution in [-0.2, 0) is 0 Å². The highest BCUT2D eigenvalue weighted by Gasteiger charge is 1.90. The summed E-state index contributed by atoms with van der Waals surface area (Å²) in [5.74, 6) is 0.811. The number of unbranched alkanes of at least 4 members (excludes halogenated alkanes) is 1. The summed E-state index contributed by atoms with van der Waals surface area (Å²) in [6, 6.07) is 0. The van der Waals surface area contributed by atoms with Crippen molar-refractivity contribution in [1.82, 2.24) is 0 Å². The molecule has 0 aliphatic heterocycles. The SMILES string of the molecule is CC(C)CCC/C=C/C=C/CO. The minimum Gasteiger partial charge on any atom is -0.392 e. The number of aliphatic hydroxyl groups excluding tert-OH is 1. The fourth-order valence-electron chi connectivity index (χ4n) is 0.958. The minimum absolute atomic E-state index is 0.135. The van der Waals surface area contributed by atoms with Gasteiger partial charge in [-0.15, -0.1) is 0 Å². The van der Waals surface area contributed by atoms with Crippen molar-refractivity contribution in [2.45, 2.75) is 33.1 Å². The maximum Gasteiger partial charge on any atom is 0.0615 e.